The second-order valence-corrected chi connectivity index (χ2v) is 5.28. The Morgan fingerprint density at radius 3 is 2.55 bits per heavy atom. The van der Waals surface area contributed by atoms with Gasteiger partial charge in [-0.3, -0.25) is 4.79 Å². The quantitative estimate of drug-likeness (QED) is 0.840. The molecule has 1 fully saturated rings. The van der Waals surface area contributed by atoms with E-state index in [0.29, 0.717) is 19.1 Å². The first kappa shape index (κ1) is 14.7. The highest BCUT2D eigenvalue weighted by atomic mass is 16.5. The molecule has 1 aliphatic carbocycles. The molecule has 0 atom stereocenters. The summed E-state index contributed by atoms with van der Waals surface area (Å²) in [7, 11) is 1.88. The molecular formula is C16H24N2O2. The van der Waals surface area contributed by atoms with Crippen molar-refractivity contribution >= 4 is 11.6 Å². The summed E-state index contributed by atoms with van der Waals surface area (Å²) < 4.78 is 5.58. The highest BCUT2D eigenvalue weighted by molar-refractivity contribution is 5.76. The average Bonchev–Trinajstić information content (AvgIpc) is 2.49. The maximum absolute atomic E-state index is 11.8. The molecule has 2 N–H and O–H groups in total. The van der Waals surface area contributed by atoms with Crippen LogP contribution in [0.25, 0.3) is 0 Å². The van der Waals surface area contributed by atoms with Crippen molar-refractivity contribution in [2.45, 2.75) is 44.6 Å². The normalized spacial score (nSPS) is 15.7. The number of carbonyl (C=O) groups excluding carboxylic acids is 1. The van der Waals surface area contributed by atoms with Gasteiger partial charge in [0.2, 0.25) is 5.91 Å². The van der Waals surface area contributed by atoms with E-state index in [2.05, 4.69) is 10.6 Å². The van der Waals surface area contributed by atoms with Gasteiger partial charge in [0.25, 0.3) is 0 Å². The van der Waals surface area contributed by atoms with Crippen LogP contribution >= 0.6 is 0 Å². The summed E-state index contributed by atoms with van der Waals surface area (Å²) in [5.74, 6) is 0.901. The lowest BCUT2D eigenvalue weighted by Gasteiger charge is -2.22. The lowest BCUT2D eigenvalue weighted by Crippen LogP contribution is -2.36. The van der Waals surface area contributed by atoms with E-state index in [1.54, 1.807) is 0 Å². The van der Waals surface area contributed by atoms with Crippen LogP contribution in [0.5, 0.6) is 5.75 Å². The maximum Gasteiger partial charge on any atom is 0.223 e. The van der Waals surface area contributed by atoms with E-state index in [-0.39, 0.29) is 5.91 Å². The topological polar surface area (TPSA) is 50.4 Å². The van der Waals surface area contributed by atoms with Gasteiger partial charge >= 0.3 is 0 Å². The van der Waals surface area contributed by atoms with Crippen molar-refractivity contribution in [3.8, 4) is 5.75 Å². The zero-order valence-electron chi connectivity index (χ0n) is 12.2. The monoisotopic (exact) mass is 276 g/mol. The van der Waals surface area contributed by atoms with Crippen LogP contribution in [0.4, 0.5) is 5.69 Å². The molecule has 0 spiro atoms. The van der Waals surface area contributed by atoms with Gasteiger partial charge < -0.3 is 15.4 Å². The fourth-order valence-electron chi connectivity index (χ4n) is 2.53. The fraction of sp³-hybridized carbons (Fsp3) is 0.562. The number of hydrogen-bond donors (Lipinski definition) is 2. The molecule has 1 saturated carbocycles. The predicted molar refractivity (Wildman–Crippen MR) is 81.1 cm³/mol. The fourth-order valence-corrected chi connectivity index (χ4v) is 2.53. The second kappa shape index (κ2) is 7.78. The number of nitrogens with one attached hydrogen (secondary N) is 2. The summed E-state index contributed by atoms with van der Waals surface area (Å²) in [6, 6.07) is 8.11. The van der Waals surface area contributed by atoms with E-state index in [4.69, 9.17) is 4.74 Å². The molecule has 0 aromatic heterocycles. The smallest absolute Gasteiger partial charge is 0.223 e. The summed E-state index contributed by atoms with van der Waals surface area (Å²) >= 11 is 0. The van der Waals surface area contributed by atoms with E-state index < -0.39 is 0 Å². The van der Waals surface area contributed by atoms with E-state index in [9.17, 15) is 4.79 Å². The lowest BCUT2D eigenvalue weighted by molar-refractivity contribution is -0.122. The van der Waals surface area contributed by atoms with E-state index >= 15 is 0 Å². The molecule has 4 nitrogen and oxygen atoms in total. The number of carbonyl (C=O) groups is 1. The van der Waals surface area contributed by atoms with Gasteiger partial charge in [-0.2, -0.15) is 0 Å². The van der Waals surface area contributed by atoms with Gasteiger partial charge in [0.1, 0.15) is 5.75 Å². The van der Waals surface area contributed by atoms with Crippen molar-refractivity contribution in [1.29, 1.82) is 0 Å². The van der Waals surface area contributed by atoms with E-state index in [0.717, 1.165) is 24.3 Å². The summed E-state index contributed by atoms with van der Waals surface area (Å²) in [4.78, 5) is 11.8. The Kier molecular flexibility index (Phi) is 5.71. The molecule has 0 aliphatic heterocycles. The van der Waals surface area contributed by atoms with Crippen molar-refractivity contribution in [3.63, 3.8) is 0 Å². The van der Waals surface area contributed by atoms with Gasteiger partial charge in [-0.15, -0.1) is 0 Å². The van der Waals surface area contributed by atoms with Crippen LogP contribution in [0.1, 0.15) is 38.5 Å². The SMILES string of the molecule is CNc1ccc(OCCC(=O)NC2CCCCC2)cc1. The number of hydrogen-bond acceptors (Lipinski definition) is 3. The number of anilines is 1. The molecular weight excluding hydrogens is 252 g/mol. The number of rotatable bonds is 6. The molecule has 1 aromatic rings. The molecule has 0 heterocycles. The Balaban J connectivity index is 1.65. The summed E-state index contributed by atoms with van der Waals surface area (Å²) in [5, 5.41) is 6.15. The molecule has 1 amide bonds. The van der Waals surface area contributed by atoms with Crippen molar-refractivity contribution < 1.29 is 9.53 Å². The number of amides is 1. The van der Waals surface area contributed by atoms with Crippen molar-refractivity contribution in [1.82, 2.24) is 5.32 Å². The standard InChI is InChI=1S/C16H24N2O2/c1-17-13-7-9-15(10-8-13)20-12-11-16(19)18-14-5-3-2-4-6-14/h7-10,14,17H,2-6,11-12H2,1H3,(H,18,19). The van der Waals surface area contributed by atoms with Crippen LogP contribution in [0.3, 0.4) is 0 Å². The summed E-state index contributed by atoms with van der Waals surface area (Å²) in [5.41, 5.74) is 1.05. The van der Waals surface area contributed by atoms with E-state index in [1.165, 1.54) is 19.3 Å². The minimum Gasteiger partial charge on any atom is -0.493 e. The van der Waals surface area contributed by atoms with Crippen molar-refractivity contribution in [3.05, 3.63) is 24.3 Å². The molecule has 4 heteroatoms. The summed E-state index contributed by atoms with van der Waals surface area (Å²) in [6.07, 6.45) is 6.44. The molecule has 2 rings (SSSR count). The first-order chi connectivity index (χ1) is 9.78. The van der Waals surface area contributed by atoms with Crippen LogP contribution in [-0.2, 0) is 4.79 Å². The van der Waals surface area contributed by atoms with Crippen LogP contribution in [-0.4, -0.2) is 25.6 Å². The number of ether oxygens (including phenoxy) is 1. The maximum atomic E-state index is 11.8. The molecule has 0 saturated heterocycles. The second-order valence-electron chi connectivity index (χ2n) is 5.28. The molecule has 110 valence electrons. The third-order valence-electron chi connectivity index (χ3n) is 3.71. The van der Waals surface area contributed by atoms with Gasteiger partial charge in [-0.05, 0) is 37.1 Å². The van der Waals surface area contributed by atoms with Gasteiger partial charge in [-0.25, -0.2) is 0 Å². The minimum atomic E-state index is 0.101. The Morgan fingerprint density at radius 2 is 1.90 bits per heavy atom. The van der Waals surface area contributed by atoms with Gasteiger partial charge in [-0.1, -0.05) is 19.3 Å². The molecule has 20 heavy (non-hydrogen) atoms. The molecule has 0 unspecified atom stereocenters. The molecule has 0 bridgehead atoms. The van der Waals surface area contributed by atoms with Crippen molar-refractivity contribution in [2.24, 2.45) is 0 Å². The van der Waals surface area contributed by atoms with Crippen LogP contribution in [0.2, 0.25) is 0 Å². The minimum absolute atomic E-state index is 0.101. The van der Waals surface area contributed by atoms with Gasteiger partial charge in [0.15, 0.2) is 0 Å². The molecule has 1 aromatic carbocycles. The zero-order valence-corrected chi connectivity index (χ0v) is 12.2. The Labute approximate surface area is 120 Å². The molecule has 1 aliphatic rings. The third kappa shape index (κ3) is 4.76. The van der Waals surface area contributed by atoms with Crippen LogP contribution < -0.4 is 15.4 Å². The first-order valence-corrected chi connectivity index (χ1v) is 7.48. The highest BCUT2D eigenvalue weighted by Gasteiger charge is 2.15. The summed E-state index contributed by atoms with van der Waals surface area (Å²) in [6.45, 7) is 0.428. The van der Waals surface area contributed by atoms with Gasteiger partial charge in [0, 0.05) is 18.8 Å². The average molecular weight is 276 g/mol. The van der Waals surface area contributed by atoms with Crippen molar-refractivity contribution in [2.75, 3.05) is 19.0 Å². The first-order valence-electron chi connectivity index (χ1n) is 7.48. The lowest BCUT2D eigenvalue weighted by atomic mass is 9.95. The van der Waals surface area contributed by atoms with E-state index in [1.807, 2.05) is 31.3 Å². The third-order valence-corrected chi connectivity index (χ3v) is 3.71. The zero-order chi connectivity index (χ0) is 14.2. The van der Waals surface area contributed by atoms with Gasteiger partial charge in [0.05, 0.1) is 13.0 Å². The predicted octanol–water partition coefficient (Wildman–Crippen LogP) is 2.95. The van der Waals surface area contributed by atoms with Crippen LogP contribution in [0, 0.1) is 0 Å². The number of benzene rings is 1. The highest BCUT2D eigenvalue weighted by Crippen LogP contribution is 2.18. The Hall–Kier alpha value is -1.71. The van der Waals surface area contributed by atoms with Crippen LogP contribution in [0.15, 0.2) is 24.3 Å². The largest absolute Gasteiger partial charge is 0.493 e. The molecule has 0 radical (unpaired) electrons. The Bertz CT molecular complexity index is 411. The Morgan fingerprint density at radius 1 is 1.20 bits per heavy atom.